The summed E-state index contributed by atoms with van der Waals surface area (Å²) in [7, 11) is 0. The van der Waals surface area contributed by atoms with Crippen molar-refractivity contribution >= 4 is 10.8 Å². The molecule has 0 bridgehead atoms. The van der Waals surface area contributed by atoms with Crippen LogP contribution in [-0.2, 0) is 11.3 Å². The lowest BCUT2D eigenvalue weighted by Gasteiger charge is -2.23. The molecule has 2 aromatic rings. The third kappa shape index (κ3) is 2.99. The van der Waals surface area contributed by atoms with Crippen molar-refractivity contribution in [3.05, 3.63) is 40.8 Å². The van der Waals surface area contributed by atoms with Crippen LogP contribution >= 0.6 is 0 Å². The lowest BCUT2D eigenvalue weighted by Crippen LogP contribution is -2.42. The first-order valence-corrected chi connectivity index (χ1v) is 7.55. The summed E-state index contributed by atoms with van der Waals surface area (Å²) in [6.45, 7) is 5.13. The smallest absolute Gasteiger partial charge is 0.274 e. The molecule has 1 aliphatic rings. The standard InChI is InChI=1S/C16H21N3O2/c1-2-17-15(13-7-8-21-11-13)10-19-16(20)14-6-4-3-5-12(14)9-18-19/h3-6,9,13,15,17H,2,7-8,10-11H2,1H3. The minimum atomic E-state index is -0.0186. The zero-order valence-corrected chi connectivity index (χ0v) is 12.3. The highest BCUT2D eigenvalue weighted by atomic mass is 16.5. The molecule has 0 amide bonds. The van der Waals surface area contributed by atoms with Crippen LogP contribution in [0.15, 0.2) is 35.3 Å². The van der Waals surface area contributed by atoms with Crippen molar-refractivity contribution in [3.8, 4) is 0 Å². The normalized spacial score (nSPS) is 20.0. The van der Waals surface area contributed by atoms with Crippen LogP contribution in [0.3, 0.4) is 0 Å². The van der Waals surface area contributed by atoms with E-state index in [9.17, 15) is 4.79 Å². The molecule has 1 N–H and O–H groups in total. The highest BCUT2D eigenvalue weighted by Crippen LogP contribution is 2.18. The molecule has 1 aromatic heterocycles. The van der Waals surface area contributed by atoms with Gasteiger partial charge < -0.3 is 10.1 Å². The number of nitrogens with one attached hydrogen (secondary N) is 1. The lowest BCUT2D eigenvalue weighted by molar-refractivity contribution is 0.173. The molecule has 5 nitrogen and oxygen atoms in total. The first kappa shape index (κ1) is 14.2. The van der Waals surface area contributed by atoms with Crippen LogP contribution in [0.4, 0.5) is 0 Å². The molecule has 2 heterocycles. The van der Waals surface area contributed by atoms with Gasteiger partial charge in [-0.2, -0.15) is 5.10 Å². The summed E-state index contributed by atoms with van der Waals surface area (Å²) in [6.07, 6.45) is 2.81. The Morgan fingerprint density at radius 2 is 2.33 bits per heavy atom. The van der Waals surface area contributed by atoms with Gasteiger partial charge >= 0.3 is 0 Å². The van der Waals surface area contributed by atoms with Gasteiger partial charge in [-0.25, -0.2) is 4.68 Å². The number of ether oxygens (including phenoxy) is 1. The highest BCUT2D eigenvalue weighted by molar-refractivity contribution is 5.80. The molecule has 2 atom stereocenters. The molecule has 2 unspecified atom stereocenters. The molecule has 0 aliphatic carbocycles. The molecular weight excluding hydrogens is 266 g/mol. The Hall–Kier alpha value is -1.72. The van der Waals surface area contributed by atoms with Crippen molar-refractivity contribution < 1.29 is 4.74 Å². The van der Waals surface area contributed by atoms with Gasteiger partial charge in [0.15, 0.2) is 0 Å². The van der Waals surface area contributed by atoms with Gasteiger partial charge in [0.2, 0.25) is 0 Å². The second kappa shape index (κ2) is 6.37. The molecule has 1 aromatic carbocycles. The van der Waals surface area contributed by atoms with Crippen LogP contribution in [0, 0.1) is 5.92 Å². The number of rotatable bonds is 5. The van der Waals surface area contributed by atoms with E-state index >= 15 is 0 Å². The summed E-state index contributed by atoms with van der Waals surface area (Å²) in [6, 6.07) is 7.81. The third-order valence-electron chi connectivity index (χ3n) is 4.13. The Bertz CT molecular complexity index is 662. The van der Waals surface area contributed by atoms with E-state index in [1.807, 2.05) is 24.3 Å². The van der Waals surface area contributed by atoms with Gasteiger partial charge in [0.1, 0.15) is 0 Å². The second-order valence-electron chi connectivity index (χ2n) is 5.51. The van der Waals surface area contributed by atoms with Crippen molar-refractivity contribution in [3.63, 3.8) is 0 Å². The van der Waals surface area contributed by atoms with Crippen molar-refractivity contribution in [2.45, 2.75) is 25.9 Å². The topological polar surface area (TPSA) is 56.2 Å². The van der Waals surface area contributed by atoms with E-state index < -0.39 is 0 Å². The predicted octanol–water partition coefficient (Wildman–Crippen LogP) is 1.41. The van der Waals surface area contributed by atoms with E-state index in [4.69, 9.17) is 4.74 Å². The molecular formula is C16H21N3O2. The fourth-order valence-corrected chi connectivity index (χ4v) is 2.96. The summed E-state index contributed by atoms with van der Waals surface area (Å²) in [5.41, 5.74) is -0.0186. The molecule has 21 heavy (non-hydrogen) atoms. The maximum Gasteiger partial charge on any atom is 0.274 e. The zero-order chi connectivity index (χ0) is 14.7. The van der Waals surface area contributed by atoms with Gasteiger partial charge in [-0.15, -0.1) is 0 Å². The van der Waals surface area contributed by atoms with E-state index in [2.05, 4.69) is 17.3 Å². The van der Waals surface area contributed by atoms with Crippen molar-refractivity contribution in [2.75, 3.05) is 19.8 Å². The maximum absolute atomic E-state index is 12.5. The average Bonchev–Trinajstić information content (AvgIpc) is 3.04. The third-order valence-corrected chi connectivity index (χ3v) is 4.13. The van der Waals surface area contributed by atoms with Gasteiger partial charge in [-0.3, -0.25) is 4.79 Å². The van der Waals surface area contributed by atoms with Gasteiger partial charge in [-0.05, 0) is 19.0 Å². The molecule has 1 saturated heterocycles. The first-order chi connectivity index (χ1) is 10.3. The van der Waals surface area contributed by atoms with E-state index in [1.165, 1.54) is 0 Å². The number of benzene rings is 1. The second-order valence-corrected chi connectivity index (χ2v) is 5.51. The average molecular weight is 287 g/mol. The summed E-state index contributed by atoms with van der Waals surface area (Å²) in [4.78, 5) is 12.5. The van der Waals surface area contributed by atoms with Crippen molar-refractivity contribution in [1.82, 2.24) is 15.1 Å². The lowest BCUT2D eigenvalue weighted by atomic mass is 9.99. The number of aromatic nitrogens is 2. The van der Waals surface area contributed by atoms with Crippen LogP contribution in [0.5, 0.6) is 0 Å². The predicted molar refractivity (Wildman–Crippen MR) is 82.4 cm³/mol. The highest BCUT2D eigenvalue weighted by Gasteiger charge is 2.26. The monoisotopic (exact) mass is 287 g/mol. The fourth-order valence-electron chi connectivity index (χ4n) is 2.96. The molecule has 0 radical (unpaired) electrons. The quantitative estimate of drug-likeness (QED) is 0.903. The van der Waals surface area contributed by atoms with Gasteiger partial charge in [0.05, 0.1) is 24.7 Å². The van der Waals surface area contributed by atoms with Crippen molar-refractivity contribution in [2.24, 2.45) is 5.92 Å². The zero-order valence-electron chi connectivity index (χ0n) is 12.3. The summed E-state index contributed by atoms with van der Waals surface area (Å²) < 4.78 is 7.05. The van der Waals surface area contributed by atoms with Gasteiger partial charge in [0.25, 0.3) is 5.56 Å². The Kier molecular flexibility index (Phi) is 4.31. The SMILES string of the molecule is CCNC(Cn1ncc2ccccc2c1=O)C1CCOC1. The Morgan fingerprint density at radius 3 is 3.10 bits per heavy atom. The minimum Gasteiger partial charge on any atom is -0.381 e. The summed E-state index contributed by atoms with van der Waals surface area (Å²) in [5.74, 6) is 0.449. The number of fused-ring (bicyclic) bond motifs is 1. The fraction of sp³-hybridized carbons (Fsp3) is 0.500. The maximum atomic E-state index is 12.5. The Morgan fingerprint density at radius 1 is 1.48 bits per heavy atom. The van der Waals surface area contributed by atoms with Gasteiger partial charge in [0, 0.05) is 24.0 Å². The molecule has 112 valence electrons. The van der Waals surface area contributed by atoms with E-state index in [0.29, 0.717) is 12.5 Å². The Labute approximate surface area is 123 Å². The van der Waals surface area contributed by atoms with Crippen LogP contribution < -0.4 is 10.9 Å². The van der Waals surface area contributed by atoms with Crippen molar-refractivity contribution in [1.29, 1.82) is 0 Å². The molecule has 0 saturated carbocycles. The molecule has 5 heteroatoms. The van der Waals surface area contributed by atoms with Gasteiger partial charge in [-0.1, -0.05) is 25.1 Å². The minimum absolute atomic E-state index is 0.0186. The molecule has 0 spiro atoms. The molecule has 3 rings (SSSR count). The summed E-state index contributed by atoms with van der Waals surface area (Å²) >= 11 is 0. The van der Waals surface area contributed by atoms with E-state index in [0.717, 1.165) is 37.0 Å². The van der Waals surface area contributed by atoms with Crippen LogP contribution in [0.2, 0.25) is 0 Å². The first-order valence-electron chi connectivity index (χ1n) is 7.55. The van der Waals surface area contributed by atoms with E-state index in [1.54, 1.807) is 10.9 Å². The number of likely N-dealkylation sites (N-methyl/N-ethyl adjacent to an activating group) is 1. The number of nitrogens with zero attached hydrogens (tertiary/aromatic N) is 2. The van der Waals surface area contributed by atoms with Crippen LogP contribution in [0.1, 0.15) is 13.3 Å². The number of hydrogen-bond acceptors (Lipinski definition) is 4. The van der Waals surface area contributed by atoms with Crippen LogP contribution in [0.25, 0.3) is 10.8 Å². The molecule has 1 fully saturated rings. The Balaban J connectivity index is 1.88. The summed E-state index contributed by atoms with van der Waals surface area (Å²) in [5, 5.41) is 9.41. The van der Waals surface area contributed by atoms with Crippen LogP contribution in [-0.4, -0.2) is 35.6 Å². The van der Waals surface area contributed by atoms with E-state index in [-0.39, 0.29) is 11.6 Å². The number of hydrogen-bond donors (Lipinski definition) is 1. The molecule has 1 aliphatic heterocycles. The largest absolute Gasteiger partial charge is 0.381 e.